The number of rotatable bonds is 6. The van der Waals surface area contributed by atoms with Gasteiger partial charge in [0.05, 0.1) is 9.26 Å². The summed E-state index contributed by atoms with van der Waals surface area (Å²) in [6.07, 6.45) is 1.01. The molecular weight excluding hydrogens is 353 g/mol. The maximum Gasteiger partial charge on any atom is 0.156 e. The SMILES string of the molecule is CCCOCc1nc(NCC)c(I)c(C(C)(C)C)n1. The molecule has 0 saturated heterocycles. The van der Waals surface area contributed by atoms with E-state index in [1.54, 1.807) is 0 Å². The van der Waals surface area contributed by atoms with Gasteiger partial charge in [0.1, 0.15) is 12.4 Å². The van der Waals surface area contributed by atoms with Crippen molar-refractivity contribution in [2.75, 3.05) is 18.5 Å². The maximum absolute atomic E-state index is 5.55. The summed E-state index contributed by atoms with van der Waals surface area (Å²) in [7, 11) is 0. The second-order valence-corrected chi connectivity index (χ2v) is 6.56. The van der Waals surface area contributed by atoms with Gasteiger partial charge in [0.2, 0.25) is 0 Å². The largest absolute Gasteiger partial charge is 0.373 e. The van der Waals surface area contributed by atoms with Crippen molar-refractivity contribution in [3.63, 3.8) is 0 Å². The highest BCUT2D eigenvalue weighted by Gasteiger charge is 2.22. The molecule has 19 heavy (non-hydrogen) atoms. The Morgan fingerprint density at radius 2 is 1.89 bits per heavy atom. The normalized spacial score (nSPS) is 11.7. The molecule has 4 nitrogen and oxygen atoms in total. The van der Waals surface area contributed by atoms with Gasteiger partial charge in [-0.25, -0.2) is 9.97 Å². The van der Waals surface area contributed by atoms with E-state index in [2.05, 4.69) is 72.5 Å². The van der Waals surface area contributed by atoms with Gasteiger partial charge in [-0.2, -0.15) is 0 Å². The van der Waals surface area contributed by atoms with Crippen molar-refractivity contribution in [3.05, 3.63) is 15.1 Å². The van der Waals surface area contributed by atoms with Crippen molar-refractivity contribution in [1.82, 2.24) is 9.97 Å². The summed E-state index contributed by atoms with van der Waals surface area (Å²) in [5, 5.41) is 3.30. The van der Waals surface area contributed by atoms with Gasteiger partial charge in [-0.05, 0) is 35.9 Å². The van der Waals surface area contributed by atoms with E-state index in [-0.39, 0.29) is 5.41 Å². The molecule has 1 aromatic heterocycles. The number of anilines is 1. The Kier molecular flexibility index (Phi) is 6.46. The van der Waals surface area contributed by atoms with Gasteiger partial charge < -0.3 is 10.1 Å². The molecule has 1 rings (SSSR count). The van der Waals surface area contributed by atoms with Gasteiger partial charge in [-0.1, -0.05) is 27.7 Å². The summed E-state index contributed by atoms with van der Waals surface area (Å²) in [6, 6.07) is 0. The van der Waals surface area contributed by atoms with Crippen LogP contribution >= 0.6 is 22.6 Å². The van der Waals surface area contributed by atoms with Crippen LogP contribution in [0.1, 0.15) is 52.6 Å². The summed E-state index contributed by atoms with van der Waals surface area (Å²) in [5.74, 6) is 1.67. The van der Waals surface area contributed by atoms with Crippen LogP contribution in [0.3, 0.4) is 0 Å². The summed E-state index contributed by atoms with van der Waals surface area (Å²) >= 11 is 2.32. The third kappa shape index (κ3) is 4.87. The highest BCUT2D eigenvalue weighted by molar-refractivity contribution is 14.1. The first kappa shape index (κ1) is 16.6. The van der Waals surface area contributed by atoms with E-state index in [1.165, 1.54) is 0 Å². The Morgan fingerprint density at radius 1 is 1.21 bits per heavy atom. The number of nitrogens with one attached hydrogen (secondary N) is 1. The second kappa shape index (κ2) is 7.38. The van der Waals surface area contributed by atoms with Crippen molar-refractivity contribution in [3.8, 4) is 0 Å². The Morgan fingerprint density at radius 3 is 2.42 bits per heavy atom. The van der Waals surface area contributed by atoms with E-state index < -0.39 is 0 Å². The van der Waals surface area contributed by atoms with Crippen molar-refractivity contribution >= 4 is 28.4 Å². The lowest BCUT2D eigenvalue weighted by Gasteiger charge is -2.22. The summed E-state index contributed by atoms with van der Waals surface area (Å²) in [4.78, 5) is 9.23. The lowest BCUT2D eigenvalue weighted by molar-refractivity contribution is 0.116. The average molecular weight is 377 g/mol. The molecule has 0 aliphatic carbocycles. The molecule has 0 radical (unpaired) electrons. The predicted molar refractivity (Wildman–Crippen MR) is 87.6 cm³/mol. The topological polar surface area (TPSA) is 47.0 Å². The summed E-state index contributed by atoms with van der Waals surface area (Å²) in [6.45, 7) is 12.8. The molecule has 1 aromatic rings. The van der Waals surface area contributed by atoms with Gasteiger partial charge in [-0.3, -0.25) is 0 Å². The fraction of sp³-hybridized carbons (Fsp3) is 0.714. The van der Waals surface area contributed by atoms with Crippen LogP contribution < -0.4 is 5.32 Å². The van der Waals surface area contributed by atoms with E-state index in [9.17, 15) is 0 Å². The van der Waals surface area contributed by atoms with E-state index >= 15 is 0 Å². The Labute approximate surface area is 129 Å². The molecule has 1 heterocycles. The van der Waals surface area contributed by atoms with Crippen molar-refractivity contribution in [1.29, 1.82) is 0 Å². The highest BCUT2D eigenvalue weighted by atomic mass is 127. The second-order valence-electron chi connectivity index (χ2n) is 5.48. The zero-order valence-electron chi connectivity index (χ0n) is 12.5. The molecule has 5 heteroatoms. The molecular formula is C14H24IN3O. The van der Waals surface area contributed by atoms with Crippen LogP contribution in [0.2, 0.25) is 0 Å². The first-order chi connectivity index (χ1) is 8.90. The Balaban J connectivity index is 3.08. The minimum absolute atomic E-state index is 0.00312. The fourth-order valence-electron chi connectivity index (χ4n) is 1.65. The standard InChI is InChI=1S/C14H24IN3O/c1-6-8-19-9-10-17-12(14(3,4)5)11(15)13(18-10)16-7-2/h6-9H2,1-5H3,(H,16,17,18). The molecule has 0 aliphatic rings. The molecule has 0 aromatic carbocycles. The van der Waals surface area contributed by atoms with Crippen LogP contribution in [0.4, 0.5) is 5.82 Å². The summed E-state index contributed by atoms with van der Waals surface area (Å²) < 4.78 is 6.66. The van der Waals surface area contributed by atoms with E-state index in [4.69, 9.17) is 4.74 Å². The molecule has 1 N–H and O–H groups in total. The van der Waals surface area contributed by atoms with Crippen molar-refractivity contribution in [2.24, 2.45) is 0 Å². The van der Waals surface area contributed by atoms with Crippen LogP contribution in [0.5, 0.6) is 0 Å². The van der Waals surface area contributed by atoms with E-state index in [0.717, 1.165) is 40.5 Å². The minimum Gasteiger partial charge on any atom is -0.373 e. The van der Waals surface area contributed by atoms with Crippen LogP contribution in [-0.2, 0) is 16.8 Å². The highest BCUT2D eigenvalue weighted by Crippen LogP contribution is 2.29. The fourth-order valence-corrected chi connectivity index (χ4v) is 2.89. The minimum atomic E-state index is 0.00312. The number of halogens is 1. The van der Waals surface area contributed by atoms with Gasteiger partial charge >= 0.3 is 0 Å². The predicted octanol–water partition coefficient (Wildman–Crippen LogP) is 3.74. The zero-order valence-corrected chi connectivity index (χ0v) is 14.7. The monoisotopic (exact) mass is 377 g/mol. The number of nitrogens with zero attached hydrogens (tertiary/aromatic N) is 2. The molecule has 0 spiro atoms. The molecule has 108 valence electrons. The lowest BCUT2D eigenvalue weighted by atomic mass is 9.92. The third-order valence-electron chi connectivity index (χ3n) is 2.53. The van der Waals surface area contributed by atoms with Crippen LogP contribution in [0, 0.1) is 3.57 Å². The van der Waals surface area contributed by atoms with E-state index in [1.807, 2.05) is 0 Å². The molecule has 0 atom stereocenters. The smallest absolute Gasteiger partial charge is 0.156 e. The molecule has 0 unspecified atom stereocenters. The van der Waals surface area contributed by atoms with Gasteiger partial charge in [0.15, 0.2) is 5.82 Å². The molecule has 0 saturated carbocycles. The first-order valence-electron chi connectivity index (χ1n) is 6.78. The van der Waals surface area contributed by atoms with Crippen molar-refractivity contribution in [2.45, 2.75) is 53.1 Å². The molecule has 0 amide bonds. The summed E-state index contributed by atoms with van der Waals surface area (Å²) in [5.41, 5.74) is 1.08. The third-order valence-corrected chi connectivity index (χ3v) is 3.55. The number of hydrogen-bond donors (Lipinski definition) is 1. The molecule has 0 aliphatic heterocycles. The van der Waals surface area contributed by atoms with Crippen LogP contribution in [-0.4, -0.2) is 23.1 Å². The average Bonchev–Trinajstić information content (AvgIpc) is 2.32. The van der Waals surface area contributed by atoms with E-state index in [0.29, 0.717) is 6.61 Å². The van der Waals surface area contributed by atoms with Crippen LogP contribution in [0.25, 0.3) is 0 Å². The molecule has 0 fully saturated rings. The quantitative estimate of drug-likeness (QED) is 0.606. The Bertz CT molecular complexity index is 416. The van der Waals surface area contributed by atoms with Gasteiger partial charge in [0.25, 0.3) is 0 Å². The number of ether oxygens (including phenoxy) is 1. The number of hydrogen-bond acceptors (Lipinski definition) is 4. The number of aromatic nitrogens is 2. The van der Waals surface area contributed by atoms with Gasteiger partial charge in [0, 0.05) is 18.6 Å². The lowest BCUT2D eigenvalue weighted by Crippen LogP contribution is -2.20. The Hall–Kier alpha value is -0.430. The first-order valence-corrected chi connectivity index (χ1v) is 7.86. The van der Waals surface area contributed by atoms with Gasteiger partial charge in [-0.15, -0.1) is 0 Å². The molecule has 0 bridgehead atoms. The maximum atomic E-state index is 5.55. The zero-order chi connectivity index (χ0) is 14.5. The van der Waals surface area contributed by atoms with Crippen molar-refractivity contribution < 1.29 is 4.74 Å². The van der Waals surface area contributed by atoms with Crippen LogP contribution in [0.15, 0.2) is 0 Å².